The Morgan fingerprint density at radius 3 is 1.92 bits per heavy atom. The van der Waals surface area contributed by atoms with Crippen LogP contribution >= 0.6 is 0 Å². The molecule has 0 fully saturated rings. The molecule has 2 heteroatoms. The number of hydrogen-bond donors (Lipinski definition) is 0. The Morgan fingerprint density at radius 1 is 0.667 bits per heavy atom. The van der Waals surface area contributed by atoms with Crippen molar-refractivity contribution in [2.75, 3.05) is 7.11 Å². The lowest BCUT2D eigenvalue weighted by Gasteiger charge is -2.09. The molecule has 0 amide bonds. The van der Waals surface area contributed by atoms with Gasteiger partial charge in [-0.25, -0.2) is 0 Å². The number of hydrogen-bond acceptors (Lipinski definition) is 1. The maximum Gasteiger partial charge on any atom is 0.217 e. The molecule has 24 heavy (non-hydrogen) atoms. The fourth-order valence-electron chi connectivity index (χ4n) is 3.00. The predicted molar refractivity (Wildman–Crippen MR) is 97.0 cm³/mol. The first-order valence-corrected chi connectivity index (χ1v) is 7.99. The Hall–Kier alpha value is -3.13. The summed E-state index contributed by atoms with van der Waals surface area (Å²) in [7, 11) is 1.69. The van der Waals surface area contributed by atoms with Crippen LogP contribution in [0.1, 0.15) is 0 Å². The van der Waals surface area contributed by atoms with Gasteiger partial charge in [0.2, 0.25) is 11.7 Å². The van der Waals surface area contributed by atoms with E-state index in [1.54, 1.807) is 7.11 Å². The number of aromatic nitrogens is 1. The van der Waals surface area contributed by atoms with Crippen molar-refractivity contribution in [1.82, 2.24) is 0 Å². The Balaban J connectivity index is 2.02. The maximum atomic E-state index is 5.36. The van der Waals surface area contributed by atoms with Crippen LogP contribution in [0.5, 0.6) is 5.75 Å². The van der Waals surface area contributed by atoms with E-state index in [-0.39, 0.29) is 0 Å². The SMILES string of the molecule is COc1ccc2cc(-c3ccccc3)c(-c3ccccc3)c[n+]2c1. The number of methoxy groups -OCH3 is 1. The van der Waals surface area contributed by atoms with Crippen molar-refractivity contribution in [3.05, 3.63) is 91.3 Å². The molecule has 0 aliphatic heterocycles. The molecule has 0 saturated carbocycles. The monoisotopic (exact) mass is 312 g/mol. The summed E-state index contributed by atoms with van der Waals surface area (Å²) < 4.78 is 7.48. The number of nitrogens with zero attached hydrogens (tertiary/aromatic N) is 1. The van der Waals surface area contributed by atoms with E-state index >= 15 is 0 Å². The quantitative estimate of drug-likeness (QED) is 0.497. The molecule has 0 atom stereocenters. The summed E-state index contributed by atoms with van der Waals surface area (Å²) in [6.07, 6.45) is 4.19. The molecular weight excluding hydrogens is 294 g/mol. The molecule has 2 heterocycles. The van der Waals surface area contributed by atoms with Gasteiger partial charge in [0.05, 0.1) is 12.7 Å². The second-order valence-corrected chi connectivity index (χ2v) is 5.73. The van der Waals surface area contributed by atoms with Gasteiger partial charge in [0.1, 0.15) is 0 Å². The van der Waals surface area contributed by atoms with Gasteiger partial charge >= 0.3 is 0 Å². The van der Waals surface area contributed by atoms with Gasteiger partial charge in [0.15, 0.2) is 11.9 Å². The third kappa shape index (κ3) is 2.63. The maximum absolute atomic E-state index is 5.36. The fraction of sp³-hybridized carbons (Fsp3) is 0.0455. The molecule has 2 aromatic heterocycles. The number of fused-ring (bicyclic) bond motifs is 1. The average Bonchev–Trinajstić information content (AvgIpc) is 2.68. The number of benzene rings is 2. The summed E-state index contributed by atoms with van der Waals surface area (Å²) in [5.74, 6) is 0.846. The van der Waals surface area contributed by atoms with E-state index in [0.29, 0.717) is 0 Å². The van der Waals surface area contributed by atoms with Crippen molar-refractivity contribution in [2.45, 2.75) is 0 Å². The number of rotatable bonds is 3. The van der Waals surface area contributed by atoms with Crippen molar-refractivity contribution in [2.24, 2.45) is 0 Å². The van der Waals surface area contributed by atoms with E-state index in [1.165, 1.54) is 22.3 Å². The summed E-state index contributed by atoms with van der Waals surface area (Å²) in [5, 5.41) is 0. The first-order valence-electron chi connectivity index (χ1n) is 7.99. The van der Waals surface area contributed by atoms with E-state index in [2.05, 4.69) is 71.3 Å². The van der Waals surface area contributed by atoms with Crippen molar-refractivity contribution >= 4 is 5.52 Å². The highest BCUT2D eigenvalue weighted by Crippen LogP contribution is 2.31. The van der Waals surface area contributed by atoms with Crippen LogP contribution in [0.4, 0.5) is 0 Å². The molecule has 0 N–H and O–H groups in total. The summed E-state index contributed by atoms with van der Waals surface area (Å²) in [4.78, 5) is 0. The van der Waals surface area contributed by atoms with Gasteiger partial charge in [-0.05, 0) is 17.2 Å². The van der Waals surface area contributed by atoms with Crippen LogP contribution in [0.2, 0.25) is 0 Å². The Bertz CT molecular complexity index is 979. The van der Waals surface area contributed by atoms with Gasteiger partial charge in [-0.1, -0.05) is 60.7 Å². The third-order valence-electron chi connectivity index (χ3n) is 4.24. The van der Waals surface area contributed by atoms with E-state index in [1.807, 2.05) is 24.4 Å². The first-order chi connectivity index (χ1) is 11.8. The molecule has 0 spiro atoms. The molecule has 0 saturated heterocycles. The van der Waals surface area contributed by atoms with Gasteiger partial charge in [-0.3, -0.25) is 0 Å². The zero-order chi connectivity index (χ0) is 16.4. The second-order valence-electron chi connectivity index (χ2n) is 5.73. The highest BCUT2D eigenvalue weighted by Gasteiger charge is 2.15. The predicted octanol–water partition coefficient (Wildman–Crippen LogP) is 4.77. The van der Waals surface area contributed by atoms with Gasteiger partial charge < -0.3 is 4.74 Å². The van der Waals surface area contributed by atoms with Gasteiger partial charge in [-0.15, -0.1) is 0 Å². The van der Waals surface area contributed by atoms with Crippen molar-refractivity contribution in [3.8, 4) is 28.0 Å². The lowest BCUT2D eigenvalue weighted by molar-refractivity contribution is -0.511. The third-order valence-corrected chi connectivity index (χ3v) is 4.24. The molecule has 0 bridgehead atoms. The van der Waals surface area contributed by atoms with Crippen molar-refractivity contribution in [1.29, 1.82) is 0 Å². The highest BCUT2D eigenvalue weighted by atomic mass is 16.5. The number of ether oxygens (including phenoxy) is 1. The van der Waals surface area contributed by atoms with E-state index in [9.17, 15) is 0 Å². The topological polar surface area (TPSA) is 13.3 Å². The van der Waals surface area contributed by atoms with Crippen LogP contribution in [-0.4, -0.2) is 7.11 Å². The van der Waals surface area contributed by atoms with Gasteiger partial charge in [0, 0.05) is 17.7 Å². The van der Waals surface area contributed by atoms with E-state index in [0.717, 1.165) is 11.3 Å². The zero-order valence-corrected chi connectivity index (χ0v) is 13.5. The lowest BCUT2D eigenvalue weighted by atomic mass is 9.96. The Morgan fingerprint density at radius 2 is 1.29 bits per heavy atom. The largest absolute Gasteiger partial charge is 0.491 e. The normalized spacial score (nSPS) is 10.7. The molecule has 116 valence electrons. The molecule has 0 aliphatic carbocycles. The Kier molecular flexibility index (Phi) is 3.72. The van der Waals surface area contributed by atoms with Crippen molar-refractivity contribution < 1.29 is 9.14 Å². The molecule has 4 aromatic rings. The summed E-state index contributed by atoms with van der Waals surface area (Å²) in [6.45, 7) is 0. The average molecular weight is 312 g/mol. The Labute approximate surface area is 141 Å². The highest BCUT2D eigenvalue weighted by molar-refractivity contribution is 5.84. The zero-order valence-electron chi connectivity index (χ0n) is 13.5. The van der Waals surface area contributed by atoms with Crippen LogP contribution in [-0.2, 0) is 0 Å². The van der Waals surface area contributed by atoms with Crippen molar-refractivity contribution in [3.63, 3.8) is 0 Å². The molecule has 0 unspecified atom stereocenters. The molecule has 2 aromatic carbocycles. The van der Waals surface area contributed by atoms with E-state index in [4.69, 9.17) is 4.74 Å². The van der Waals surface area contributed by atoms with Crippen LogP contribution in [0, 0.1) is 0 Å². The van der Waals surface area contributed by atoms with Crippen LogP contribution in [0.3, 0.4) is 0 Å². The van der Waals surface area contributed by atoms with Crippen LogP contribution in [0.25, 0.3) is 27.8 Å². The van der Waals surface area contributed by atoms with Gasteiger partial charge in [0.25, 0.3) is 0 Å². The molecule has 0 aliphatic rings. The minimum atomic E-state index is 0.846. The number of pyridine rings is 2. The minimum Gasteiger partial charge on any atom is -0.491 e. The summed E-state index contributed by atoms with van der Waals surface area (Å²) in [6, 6.07) is 27.3. The molecule has 2 nitrogen and oxygen atoms in total. The summed E-state index contributed by atoms with van der Waals surface area (Å²) >= 11 is 0. The van der Waals surface area contributed by atoms with Crippen LogP contribution in [0.15, 0.2) is 91.3 Å². The molecule has 4 rings (SSSR count). The van der Waals surface area contributed by atoms with Crippen LogP contribution < -0.4 is 9.14 Å². The molecular formula is C22H18NO+. The fourth-order valence-corrected chi connectivity index (χ4v) is 3.00. The lowest BCUT2D eigenvalue weighted by Crippen LogP contribution is -2.21. The minimum absolute atomic E-state index is 0.846. The second kappa shape index (κ2) is 6.17. The summed E-state index contributed by atoms with van der Waals surface area (Å²) in [5.41, 5.74) is 5.98. The van der Waals surface area contributed by atoms with Gasteiger partial charge in [-0.2, -0.15) is 4.40 Å². The van der Waals surface area contributed by atoms with E-state index < -0.39 is 0 Å². The molecule has 0 radical (unpaired) electrons. The standard InChI is InChI=1S/C22H18NO/c1-24-20-13-12-19-14-21(17-8-4-2-5-9-17)22(16-23(19)15-20)18-10-6-3-7-11-18/h2-16H,1H3/q+1. The smallest absolute Gasteiger partial charge is 0.217 e. The first kappa shape index (κ1) is 14.5.